The largest absolute Gasteiger partial charge is 0.256 e. The number of thioether (sulfide) groups is 1. The first-order chi connectivity index (χ1) is 30.1. The SMILES string of the molecule is C=C/C=C(\C=C/C)c1nc(C2=CCCC=C2)nc(-c2ccc3c(c2)SC2=CC(c4ccc(-c5ccnc6ccccc56)cc4)CC=C2C32c3ccccc3-c3ccccc32)n1. The Kier molecular flexibility index (Phi) is 9.28. The molecule has 4 nitrogen and oxygen atoms in total. The molecule has 7 aromatic rings. The smallest absolute Gasteiger partial charge is 0.164 e. The third-order valence-corrected chi connectivity index (χ3v) is 13.6. The van der Waals surface area contributed by atoms with Crippen molar-refractivity contribution in [1.82, 2.24) is 19.9 Å². The van der Waals surface area contributed by atoms with E-state index in [-0.39, 0.29) is 5.92 Å². The van der Waals surface area contributed by atoms with Crippen LogP contribution in [0.25, 0.3) is 55.7 Å². The van der Waals surface area contributed by atoms with Crippen LogP contribution < -0.4 is 0 Å². The molecule has 0 N–H and O–H groups in total. The number of hydrogen-bond donors (Lipinski definition) is 0. The van der Waals surface area contributed by atoms with Crippen LogP contribution in [0, 0.1) is 0 Å². The number of aromatic nitrogens is 4. The molecule has 0 bridgehead atoms. The first kappa shape index (κ1) is 37.1. The first-order valence-electron chi connectivity index (χ1n) is 21.1. The molecular weight excluding hydrogens is 761 g/mol. The standard InChI is InChI=1S/C56H42N4S/c1-3-14-38(15-4-2)53-58-54(39-16-6-5-7-17-39)60-55(59-53)41-29-31-49-52(35-41)61-51-34-40(36-24-26-37(27-25-36)42-32-33-57-50-23-13-10-20-45(42)50)28-30-48(51)56(49)46-21-11-8-18-43(46)44-19-9-12-22-47(44)56/h3-4,6,8-27,29-35,40H,1,5,7,28H2,2H3/b15-4-,38-14+. The van der Waals surface area contributed by atoms with Gasteiger partial charge in [0.1, 0.15) is 0 Å². The van der Waals surface area contributed by atoms with Gasteiger partial charge in [-0.3, -0.25) is 4.98 Å². The average molecular weight is 803 g/mol. The lowest BCUT2D eigenvalue weighted by Crippen LogP contribution is -2.34. The fourth-order valence-corrected chi connectivity index (χ4v) is 11.1. The summed E-state index contributed by atoms with van der Waals surface area (Å²) in [5.41, 5.74) is 15.1. The minimum absolute atomic E-state index is 0.232. The van der Waals surface area contributed by atoms with Crippen LogP contribution in [0.4, 0.5) is 0 Å². The zero-order valence-corrected chi connectivity index (χ0v) is 34.7. The van der Waals surface area contributed by atoms with E-state index in [0.29, 0.717) is 17.5 Å². The van der Waals surface area contributed by atoms with Crippen molar-refractivity contribution in [1.29, 1.82) is 0 Å². The Labute approximate surface area is 361 Å². The van der Waals surface area contributed by atoms with Crippen LogP contribution in [-0.2, 0) is 5.41 Å². The summed E-state index contributed by atoms with van der Waals surface area (Å²) < 4.78 is 0. The predicted molar refractivity (Wildman–Crippen MR) is 253 cm³/mol. The Morgan fingerprint density at radius 1 is 0.738 bits per heavy atom. The monoisotopic (exact) mass is 802 g/mol. The summed E-state index contributed by atoms with van der Waals surface area (Å²) in [5, 5.41) is 1.17. The Bertz CT molecular complexity index is 3070. The molecule has 61 heavy (non-hydrogen) atoms. The molecule has 1 aliphatic heterocycles. The van der Waals surface area contributed by atoms with Gasteiger partial charge in [-0.05, 0) is 94.5 Å². The molecule has 11 rings (SSSR count). The van der Waals surface area contributed by atoms with Crippen molar-refractivity contribution < 1.29 is 0 Å². The summed E-state index contributed by atoms with van der Waals surface area (Å²) in [6, 6.07) is 44.6. The highest BCUT2D eigenvalue weighted by molar-refractivity contribution is 8.03. The lowest BCUT2D eigenvalue weighted by atomic mass is 9.65. The normalized spacial score (nSPS) is 17.3. The molecule has 1 spiro atoms. The summed E-state index contributed by atoms with van der Waals surface area (Å²) in [7, 11) is 0. The summed E-state index contributed by atoms with van der Waals surface area (Å²) in [4.78, 5) is 22.4. The van der Waals surface area contributed by atoms with E-state index in [1.807, 2.05) is 49.2 Å². The van der Waals surface area contributed by atoms with Gasteiger partial charge in [-0.1, -0.05) is 176 Å². The molecule has 4 aliphatic rings. The third-order valence-electron chi connectivity index (χ3n) is 12.5. The number of benzene rings is 5. The molecule has 292 valence electrons. The van der Waals surface area contributed by atoms with Crippen molar-refractivity contribution >= 4 is 33.8 Å². The molecule has 0 saturated heterocycles. The minimum Gasteiger partial charge on any atom is -0.256 e. The van der Waals surface area contributed by atoms with E-state index in [2.05, 4.69) is 157 Å². The fourth-order valence-electron chi connectivity index (χ4n) is 9.79. The molecular formula is C56H42N4S. The van der Waals surface area contributed by atoms with Crippen molar-refractivity contribution in [3.8, 4) is 33.6 Å². The van der Waals surface area contributed by atoms with Crippen molar-refractivity contribution in [2.75, 3.05) is 0 Å². The van der Waals surface area contributed by atoms with Gasteiger partial charge in [0.15, 0.2) is 17.5 Å². The van der Waals surface area contributed by atoms with Gasteiger partial charge < -0.3 is 0 Å². The van der Waals surface area contributed by atoms with E-state index in [4.69, 9.17) is 15.0 Å². The van der Waals surface area contributed by atoms with E-state index in [9.17, 15) is 0 Å². The second-order valence-corrected chi connectivity index (χ2v) is 17.0. The maximum atomic E-state index is 5.16. The topological polar surface area (TPSA) is 51.6 Å². The van der Waals surface area contributed by atoms with Gasteiger partial charge in [0, 0.05) is 44.0 Å². The molecule has 2 aromatic heterocycles. The summed E-state index contributed by atoms with van der Waals surface area (Å²) in [5.74, 6) is 2.20. The van der Waals surface area contributed by atoms with E-state index in [1.54, 1.807) is 6.08 Å². The predicted octanol–water partition coefficient (Wildman–Crippen LogP) is 14.1. The van der Waals surface area contributed by atoms with Gasteiger partial charge in [-0.15, -0.1) is 0 Å². The molecule has 0 fully saturated rings. The Balaban J connectivity index is 1.06. The van der Waals surface area contributed by atoms with Crippen LogP contribution in [-0.4, -0.2) is 19.9 Å². The van der Waals surface area contributed by atoms with Crippen molar-refractivity contribution in [2.24, 2.45) is 0 Å². The van der Waals surface area contributed by atoms with Crippen molar-refractivity contribution in [2.45, 2.75) is 42.4 Å². The highest BCUT2D eigenvalue weighted by atomic mass is 32.2. The summed E-state index contributed by atoms with van der Waals surface area (Å²) in [6.07, 6.45) is 24.2. The Morgan fingerprint density at radius 3 is 2.26 bits per heavy atom. The summed E-state index contributed by atoms with van der Waals surface area (Å²) >= 11 is 1.88. The van der Waals surface area contributed by atoms with Crippen LogP contribution in [0.2, 0.25) is 0 Å². The Morgan fingerprint density at radius 2 is 1.49 bits per heavy atom. The molecule has 0 radical (unpaired) electrons. The molecule has 3 aliphatic carbocycles. The van der Waals surface area contributed by atoms with Gasteiger partial charge >= 0.3 is 0 Å². The van der Waals surface area contributed by atoms with Gasteiger partial charge in [0.2, 0.25) is 0 Å². The second-order valence-electron chi connectivity index (χ2n) is 15.9. The van der Waals surface area contributed by atoms with Crippen LogP contribution in [0.15, 0.2) is 204 Å². The third kappa shape index (κ3) is 6.14. The van der Waals surface area contributed by atoms with Gasteiger partial charge in [-0.2, -0.15) is 0 Å². The maximum absolute atomic E-state index is 5.16. The van der Waals surface area contributed by atoms with Crippen LogP contribution in [0.1, 0.15) is 66.0 Å². The molecule has 5 aromatic carbocycles. The zero-order valence-electron chi connectivity index (χ0n) is 33.9. The van der Waals surface area contributed by atoms with Crippen molar-refractivity contribution in [3.63, 3.8) is 0 Å². The second kappa shape index (κ2) is 15.3. The quantitative estimate of drug-likeness (QED) is 0.150. The average Bonchev–Trinajstić information content (AvgIpc) is 3.61. The van der Waals surface area contributed by atoms with Gasteiger partial charge in [0.05, 0.1) is 10.9 Å². The fraction of sp³-hybridized carbons (Fsp3) is 0.107. The van der Waals surface area contributed by atoms with Crippen LogP contribution in [0.5, 0.6) is 0 Å². The van der Waals surface area contributed by atoms with Gasteiger partial charge in [0.25, 0.3) is 0 Å². The molecule has 3 heterocycles. The lowest BCUT2D eigenvalue weighted by molar-refractivity contribution is 0.710. The van der Waals surface area contributed by atoms with Crippen LogP contribution in [0.3, 0.4) is 0 Å². The molecule has 0 saturated carbocycles. The highest BCUT2D eigenvalue weighted by Gasteiger charge is 2.52. The summed E-state index contributed by atoms with van der Waals surface area (Å²) in [6.45, 7) is 5.99. The zero-order chi connectivity index (χ0) is 40.9. The van der Waals surface area contributed by atoms with E-state index >= 15 is 0 Å². The van der Waals surface area contributed by atoms with E-state index in [0.717, 1.165) is 41.5 Å². The molecule has 1 unspecified atom stereocenters. The number of nitrogens with zero attached hydrogens (tertiary/aromatic N) is 4. The van der Waals surface area contributed by atoms with Crippen LogP contribution >= 0.6 is 11.8 Å². The molecule has 1 atom stereocenters. The number of para-hydroxylation sites is 1. The number of rotatable bonds is 7. The molecule has 5 heteroatoms. The van der Waals surface area contributed by atoms with Gasteiger partial charge in [-0.25, -0.2) is 15.0 Å². The number of fused-ring (bicyclic) bond motifs is 10. The number of allylic oxidation sites excluding steroid dienone is 12. The minimum atomic E-state index is -0.464. The number of hydrogen-bond acceptors (Lipinski definition) is 5. The van der Waals surface area contributed by atoms with Crippen molar-refractivity contribution in [3.05, 3.63) is 233 Å². The number of pyridine rings is 1. The van der Waals surface area contributed by atoms with E-state index < -0.39 is 5.41 Å². The highest BCUT2D eigenvalue weighted by Crippen LogP contribution is 2.65. The lowest BCUT2D eigenvalue weighted by Gasteiger charge is -2.43. The van der Waals surface area contributed by atoms with E-state index in [1.165, 1.54) is 65.3 Å². The maximum Gasteiger partial charge on any atom is 0.164 e. The Hall–Kier alpha value is -6.95. The first-order valence-corrected chi connectivity index (χ1v) is 21.9. The molecule has 0 amide bonds.